The minimum absolute atomic E-state index is 0.671. The van der Waals surface area contributed by atoms with E-state index in [4.69, 9.17) is 4.42 Å². The van der Waals surface area contributed by atoms with Crippen molar-refractivity contribution in [2.45, 2.75) is 6.42 Å². The number of aromatic nitrogens is 4. The third kappa shape index (κ3) is 2.53. The first-order chi connectivity index (χ1) is 10.8. The van der Waals surface area contributed by atoms with Gasteiger partial charge in [-0.25, -0.2) is 4.98 Å². The Morgan fingerprint density at radius 1 is 1.00 bits per heavy atom. The van der Waals surface area contributed by atoms with Crippen molar-refractivity contribution in [1.82, 2.24) is 19.7 Å². The molecule has 0 aliphatic heterocycles. The number of rotatable bonds is 3. The van der Waals surface area contributed by atoms with Crippen LogP contribution in [-0.4, -0.2) is 19.7 Å². The fourth-order valence-corrected chi connectivity index (χ4v) is 2.57. The zero-order valence-corrected chi connectivity index (χ0v) is 13.1. The Morgan fingerprint density at radius 3 is 2.55 bits per heavy atom. The van der Waals surface area contributed by atoms with Gasteiger partial charge in [0.2, 0.25) is 0 Å². The predicted molar refractivity (Wildman–Crippen MR) is 85.9 cm³/mol. The number of benzene rings is 2. The Balaban J connectivity index is 1.67. The lowest BCUT2D eigenvalue weighted by Gasteiger charge is -1.98. The van der Waals surface area contributed by atoms with Crippen molar-refractivity contribution < 1.29 is 4.42 Å². The highest BCUT2D eigenvalue weighted by Gasteiger charge is 2.08. The van der Waals surface area contributed by atoms with Crippen LogP contribution in [0.1, 0.15) is 11.5 Å². The maximum atomic E-state index is 5.86. The van der Waals surface area contributed by atoms with E-state index in [0.717, 1.165) is 26.8 Å². The van der Waals surface area contributed by atoms with Crippen LogP contribution < -0.4 is 0 Å². The van der Waals surface area contributed by atoms with Crippen LogP contribution in [0.15, 0.2) is 64.0 Å². The van der Waals surface area contributed by atoms with Crippen LogP contribution >= 0.6 is 15.9 Å². The van der Waals surface area contributed by atoms with Crippen LogP contribution in [0.3, 0.4) is 0 Å². The molecule has 5 nitrogen and oxygen atoms in total. The summed E-state index contributed by atoms with van der Waals surface area (Å²) in [5.74, 6) is 0.707. The second-order valence-electron chi connectivity index (χ2n) is 4.93. The molecule has 0 aliphatic rings. The third-order valence-corrected chi connectivity index (χ3v) is 3.93. The molecule has 0 saturated heterocycles. The normalized spacial score (nSPS) is 11.1. The van der Waals surface area contributed by atoms with Crippen molar-refractivity contribution in [2.75, 3.05) is 0 Å². The van der Waals surface area contributed by atoms with Gasteiger partial charge in [-0.05, 0) is 29.8 Å². The molecule has 0 atom stereocenters. The van der Waals surface area contributed by atoms with E-state index in [1.807, 2.05) is 34.9 Å². The van der Waals surface area contributed by atoms with Crippen molar-refractivity contribution >= 4 is 27.0 Å². The molecule has 6 heteroatoms. The molecule has 0 fully saturated rings. The van der Waals surface area contributed by atoms with Gasteiger partial charge in [0.15, 0.2) is 11.5 Å². The number of halogens is 1. The lowest BCUT2D eigenvalue weighted by Crippen LogP contribution is -1.88. The Bertz CT molecular complexity index is 913. The molecule has 0 aliphatic carbocycles. The van der Waals surface area contributed by atoms with Crippen LogP contribution in [-0.2, 0) is 6.42 Å². The third-order valence-electron chi connectivity index (χ3n) is 3.40. The highest BCUT2D eigenvalue weighted by molar-refractivity contribution is 9.10. The zero-order valence-electron chi connectivity index (χ0n) is 11.5. The quantitative estimate of drug-likeness (QED) is 0.562. The molecule has 0 bridgehead atoms. The van der Waals surface area contributed by atoms with E-state index < -0.39 is 0 Å². The van der Waals surface area contributed by atoms with Crippen LogP contribution in [0.25, 0.3) is 16.8 Å². The minimum Gasteiger partial charge on any atom is -0.440 e. The second kappa shape index (κ2) is 5.38. The topological polar surface area (TPSA) is 56.7 Å². The summed E-state index contributed by atoms with van der Waals surface area (Å²) in [5, 5.41) is 7.62. The smallest absolute Gasteiger partial charge is 0.199 e. The van der Waals surface area contributed by atoms with E-state index in [1.54, 1.807) is 12.7 Å². The number of hydrogen-bond acceptors (Lipinski definition) is 4. The van der Waals surface area contributed by atoms with Crippen molar-refractivity contribution in [3.05, 3.63) is 71.0 Å². The summed E-state index contributed by atoms with van der Waals surface area (Å²) in [7, 11) is 0. The van der Waals surface area contributed by atoms with Crippen molar-refractivity contribution in [1.29, 1.82) is 0 Å². The molecule has 0 saturated carbocycles. The van der Waals surface area contributed by atoms with E-state index in [1.165, 1.54) is 0 Å². The van der Waals surface area contributed by atoms with E-state index in [2.05, 4.69) is 43.2 Å². The van der Waals surface area contributed by atoms with Crippen LogP contribution in [0, 0.1) is 0 Å². The summed E-state index contributed by atoms with van der Waals surface area (Å²) >= 11 is 3.43. The first kappa shape index (κ1) is 13.2. The van der Waals surface area contributed by atoms with Crippen molar-refractivity contribution in [3.63, 3.8) is 0 Å². The molecule has 4 rings (SSSR count). The van der Waals surface area contributed by atoms with Gasteiger partial charge in [-0.1, -0.05) is 28.1 Å². The fourth-order valence-electron chi connectivity index (χ4n) is 2.31. The van der Waals surface area contributed by atoms with Gasteiger partial charge in [0.1, 0.15) is 18.2 Å². The molecular weight excluding hydrogens is 344 g/mol. The summed E-state index contributed by atoms with van der Waals surface area (Å²) in [6.07, 6.45) is 3.98. The summed E-state index contributed by atoms with van der Waals surface area (Å²) in [4.78, 5) is 4.53. The number of oxazole rings is 1. The SMILES string of the molecule is Brc1ccc(Cc2nc3ccc(-n4cnnc4)cc3o2)cc1. The van der Waals surface area contributed by atoms with Crippen LogP contribution in [0.4, 0.5) is 0 Å². The molecule has 0 N–H and O–H groups in total. The van der Waals surface area contributed by atoms with Crippen molar-refractivity contribution in [2.24, 2.45) is 0 Å². The molecule has 2 aromatic heterocycles. The molecule has 0 spiro atoms. The van der Waals surface area contributed by atoms with Gasteiger partial charge in [-0.2, -0.15) is 0 Å². The van der Waals surface area contributed by atoms with Gasteiger partial charge < -0.3 is 4.42 Å². The summed E-state index contributed by atoms with van der Waals surface area (Å²) in [6, 6.07) is 14.0. The number of fused-ring (bicyclic) bond motifs is 1. The van der Waals surface area contributed by atoms with E-state index in [-0.39, 0.29) is 0 Å². The van der Waals surface area contributed by atoms with Gasteiger partial charge in [0.05, 0.1) is 5.69 Å². The average Bonchev–Trinajstić information content (AvgIpc) is 3.17. The van der Waals surface area contributed by atoms with Gasteiger partial charge in [0.25, 0.3) is 0 Å². The Labute approximate surface area is 134 Å². The highest BCUT2D eigenvalue weighted by atomic mass is 79.9. The van der Waals surface area contributed by atoms with E-state index in [0.29, 0.717) is 12.3 Å². The fraction of sp³-hybridized carbons (Fsp3) is 0.0625. The lowest BCUT2D eigenvalue weighted by atomic mass is 10.1. The maximum absolute atomic E-state index is 5.86. The Hall–Kier alpha value is -2.47. The molecule has 0 unspecified atom stereocenters. The Morgan fingerprint density at radius 2 is 1.77 bits per heavy atom. The maximum Gasteiger partial charge on any atom is 0.199 e. The standard InChI is InChI=1S/C16H11BrN4O/c17-12-3-1-11(2-4-12)7-16-20-14-6-5-13(8-15(14)22-16)21-9-18-19-10-21/h1-6,8-10H,7H2. The monoisotopic (exact) mass is 354 g/mol. The minimum atomic E-state index is 0.671. The van der Waals surface area contributed by atoms with E-state index in [9.17, 15) is 0 Å². The van der Waals surface area contributed by atoms with Crippen molar-refractivity contribution in [3.8, 4) is 5.69 Å². The molecule has 22 heavy (non-hydrogen) atoms. The molecule has 0 amide bonds. The van der Waals surface area contributed by atoms with Gasteiger partial charge in [-0.3, -0.25) is 4.57 Å². The average molecular weight is 355 g/mol. The molecule has 2 aromatic carbocycles. The zero-order chi connectivity index (χ0) is 14.9. The van der Waals surface area contributed by atoms with Crippen LogP contribution in [0.2, 0.25) is 0 Å². The van der Waals surface area contributed by atoms with Gasteiger partial charge in [-0.15, -0.1) is 10.2 Å². The highest BCUT2D eigenvalue weighted by Crippen LogP contribution is 2.21. The molecular formula is C16H11BrN4O. The largest absolute Gasteiger partial charge is 0.440 e. The molecule has 108 valence electrons. The summed E-state index contributed by atoms with van der Waals surface area (Å²) in [6.45, 7) is 0. The summed E-state index contributed by atoms with van der Waals surface area (Å²) < 4.78 is 8.76. The molecule has 4 aromatic rings. The first-order valence-corrected chi connectivity index (χ1v) is 7.56. The van der Waals surface area contributed by atoms with Crippen LogP contribution in [0.5, 0.6) is 0 Å². The first-order valence-electron chi connectivity index (χ1n) is 6.77. The second-order valence-corrected chi connectivity index (χ2v) is 5.85. The Kier molecular flexibility index (Phi) is 3.23. The van der Waals surface area contributed by atoms with Gasteiger partial charge in [0, 0.05) is 17.0 Å². The molecule has 0 radical (unpaired) electrons. The number of hydrogen-bond donors (Lipinski definition) is 0. The molecule has 2 heterocycles. The summed E-state index contributed by atoms with van der Waals surface area (Å²) in [5.41, 5.74) is 3.72. The van der Waals surface area contributed by atoms with E-state index >= 15 is 0 Å². The predicted octanol–water partition coefficient (Wildman–Crippen LogP) is 3.76. The number of nitrogens with zero attached hydrogens (tertiary/aromatic N) is 4. The van der Waals surface area contributed by atoms with Gasteiger partial charge >= 0.3 is 0 Å². The lowest BCUT2D eigenvalue weighted by molar-refractivity contribution is 0.544.